The molecule has 1 aromatic heterocycles. The van der Waals surface area contributed by atoms with E-state index in [2.05, 4.69) is 30.7 Å². The predicted molar refractivity (Wildman–Crippen MR) is 101 cm³/mol. The average Bonchev–Trinajstić information content (AvgIpc) is 2.59. The molecule has 0 saturated carbocycles. The molecule has 24 heavy (non-hydrogen) atoms. The second-order valence-corrected chi connectivity index (χ2v) is 6.59. The lowest BCUT2D eigenvalue weighted by Crippen LogP contribution is -2.41. The van der Waals surface area contributed by atoms with Gasteiger partial charge in [0.05, 0.1) is 0 Å². The zero-order valence-electron chi connectivity index (χ0n) is 16.1. The zero-order valence-corrected chi connectivity index (χ0v) is 16.1. The van der Waals surface area contributed by atoms with Crippen molar-refractivity contribution in [2.24, 2.45) is 0 Å². The van der Waals surface area contributed by atoms with Crippen molar-refractivity contribution < 1.29 is 4.79 Å². The maximum Gasteiger partial charge on any atom is 0.232 e. The summed E-state index contributed by atoms with van der Waals surface area (Å²) in [5.41, 5.74) is 1.14. The standard InChI is InChI=1S/C20H35N3O/c1-5-9-13-18(14-10-6-2)23(19(24)12-8-4)20-21-15-17(11-7-3)16-22-20/h15-16,18H,5-14H2,1-4H3. The van der Waals surface area contributed by atoms with Gasteiger partial charge in [0.1, 0.15) is 0 Å². The minimum absolute atomic E-state index is 0.165. The van der Waals surface area contributed by atoms with Crippen LogP contribution < -0.4 is 4.90 Å². The topological polar surface area (TPSA) is 46.1 Å². The van der Waals surface area contributed by atoms with Crippen molar-refractivity contribution >= 4 is 11.9 Å². The first-order chi connectivity index (χ1) is 11.7. The lowest BCUT2D eigenvalue weighted by atomic mass is 10.0. The first kappa shape index (κ1) is 20.6. The van der Waals surface area contributed by atoms with Crippen LogP contribution in [0.3, 0.4) is 0 Å². The van der Waals surface area contributed by atoms with E-state index in [1.165, 1.54) is 0 Å². The second kappa shape index (κ2) is 12.0. The van der Waals surface area contributed by atoms with Crippen LogP contribution in [-0.2, 0) is 11.2 Å². The third-order valence-corrected chi connectivity index (χ3v) is 4.33. The SMILES string of the molecule is CCCCC(CCCC)N(C(=O)CCC)c1ncc(CCC)cn1. The lowest BCUT2D eigenvalue weighted by Gasteiger charge is -2.30. The number of nitrogens with zero attached hydrogens (tertiary/aromatic N) is 3. The highest BCUT2D eigenvalue weighted by Crippen LogP contribution is 2.22. The van der Waals surface area contributed by atoms with E-state index in [1.807, 2.05) is 24.2 Å². The van der Waals surface area contributed by atoms with Crippen LogP contribution in [0.15, 0.2) is 12.4 Å². The van der Waals surface area contributed by atoms with E-state index < -0.39 is 0 Å². The van der Waals surface area contributed by atoms with Crippen LogP contribution in [0.2, 0.25) is 0 Å². The largest absolute Gasteiger partial charge is 0.278 e. The van der Waals surface area contributed by atoms with E-state index >= 15 is 0 Å². The van der Waals surface area contributed by atoms with Gasteiger partial charge in [0.25, 0.3) is 0 Å². The van der Waals surface area contributed by atoms with Crippen LogP contribution in [-0.4, -0.2) is 21.9 Å². The third-order valence-electron chi connectivity index (χ3n) is 4.33. The van der Waals surface area contributed by atoms with Crippen molar-refractivity contribution in [3.63, 3.8) is 0 Å². The van der Waals surface area contributed by atoms with Gasteiger partial charge in [0.2, 0.25) is 11.9 Å². The molecule has 0 radical (unpaired) electrons. The smallest absolute Gasteiger partial charge is 0.232 e. The van der Waals surface area contributed by atoms with E-state index in [9.17, 15) is 4.79 Å². The van der Waals surface area contributed by atoms with Crippen LogP contribution in [0.1, 0.15) is 91.0 Å². The number of anilines is 1. The number of rotatable bonds is 12. The van der Waals surface area contributed by atoms with Gasteiger partial charge in [-0.25, -0.2) is 9.97 Å². The zero-order chi connectivity index (χ0) is 17.8. The lowest BCUT2D eigenvalue weighted by molar-refractivity contribution is -0.119. The van der Waals surface area contributed by atoms with Crippen LogP contribution >= 0.6 is 0 Å². The summed E-state index contributed by atoms with van der Waals surface area (Å²) in [6.45, 7) is 8.60. The fourth-order valence-corrected chi connectivity index (χ4v) is 2.98. The Morgan fingerprint density at radius 1 is 0.958 bits per heavy atom. The van der Waals surface area contributed by atoms with Crippen molar-refractivity contribution in [3.05, 3.63) is 18.0 Å². The quantitative estimate of drug-likeness (QED) is 0.520. The summed E-state index contributed by atoms with van der Waals surface area (Å²) in [4.78, 5) is 23.7. The first-order valence-corrected chi connectivity index (χ1v) is 9.80. The number of amides is 1. The Labute approximate surface area is 148 Å². The molecule has 1 rings (SSSR count). The van der Waals surface area contributed by atoms with Gasteiger partial charge in [-0.3, -0.25) is 9.69 Å². The van der Waals surface area contributed by atoms with E-state index in [-0.39, 0.29) is 11.9 Å². The molecule has 0 spiro atoms. The first-order valence-electron chi connectivity index (χ1n) is 9.80. The Hall–Kier alpha value is -1.45. The Kier molecular flexibility index (Phi) is 10.3. The highest BCUT2D eigenvalue weighted by molar-refractivity contribution is 5.92. The molecule has 0 aliphatic rings. The molecule has 0 N–H and O–H groups in total. The maximum atomic E-state index is 12.8. The van der Waals surface area contributed by atoms with Gasteiger partial charge in [-0.1, -0.05) is 59.8 Å². The number of carbonyl (C=O) groups excluding carboxylic acids is 1. The van der Waals surface area contributed by atoms with E-state index in [1.54, 1.807) is 0 Å². The monoisotopic (exact) mass is 333 g/mol. The van der Waals surface area contributed by atoms with Gasteiger partial charge in [0, 0.05) is 24.9 Å². The van der Waals surface area contributed by atoms with Crippen LogP contribution in [0.5, 0.6) is 0 Å². The van der Waals surface area contributed by atoms with Crippen LogP contribution in [0, 0.1) is 0 Å². The molecule has 4 heteroatoms. The molecule has 1 amide bonds. The van der Waals surface area contributed by atoms with Crippen LogP contribution in [0.4, 0.5) is 5.95 Å². The number of aryl methyl sites for hydroxylation is 1. The molecular formula is C20H35N3O. The predicted octanol–water partition coefficient (Wildman–Crippen LogP) is 5.31. The Morgan fingerprint density at radius 3 is 2.00 bits per heavy atom. The molecule has 0 unspecified atom stereocenters. The van der Waals surface area contributed by atoms with Gasteiger partial charge in [-0.05, 0) is 31.2 Å². The van der Waals surface area contributed by atoms with Crippen molar-refractivity contribution in [1.29, 1.82) is 0 Å². The molecule has 0 aromatic carbocycles. The van der Waals surface area contributed by atoms with Crippen LogP contribution in [0.25, 0.3) is 0 Å². The summed E-state index contributed by atoms with van der Waals surface area (Å²) < 4.78 is 0. The third kappa shape index (κ3) is 6.58. The maximum absolute atomic E-state index is 12.8. The molecule has 0 atom stereocenters. The van der Waals surface area contributed by atoms with Gasteiger partial charge in [0.15, 0.2) is 0 Å². The molecule has 0 fully saturated rings. The summed E-state index contributed by atoms with van der Waals surface area (Å²) in [6.07, 6.45) is 13.9. The van der Waals surface area contributed by atoms with Crippen molar-refractivity contribution in [3.8, 4) is 0 Å². The number of aromatic nitrogens is 2. The number of hydrogen-bond acceptors (Lipinski definition) is 3. The minimum Gasteiger partial charge on any atom is -0.278 e. The van der Waals surface area contributed by atoms with E-state index in [4.69, 9.17) is 0 Å². The normalized spacial score (nSPS) is 11.0. The molecule has 0 saturated heterocycles. The molecule has 1 heterocycles. The minimum atomic E-state index is 0.165. The Morgan fingerprint density at radius 2 is 1.54 bits per heavy atom. The number of carbonyl (C=O) groups is 1. The van der Waals surface area contributed by atoms with E-state index in [0.717, 1.165) is 63.4 Å². The Bertz CT molecular complexity index is 450. The number of hydrogen-bond donors (Lipinski definition) is 0. The van der Waals surface area contributed by atoms with Crippen molar-refractivity contribution in [1.82, 2.24) is 9.97 Å². The molecular weight excluding hydrogens is 298 g/mol. The Balaban J connectivity index is 3.03. The summed E-state index contributed by atoms with van der Waals surface area (Å²) >= 11 is 0. The van der Waals surface area contributed by atoms with Crippen molar-refractivity contribution in [2.45, 2.75) is 97.9 Å². The second-order valence-electron chi connectivity index (χ2n) is 6.59. The average molecular weight is 334 g/mol. The van der Waals surface area contributed by atoms with Crippen molar-refractivity contribution in [2.75, 3.05) is 4.90 Å². The fourth-order valence-electron chi connectivity index (χ4n) is 2.98. The summed E-state index contributed by atoms with van der Waals surface area (Å²) in [5.74, 6) is 0.753. The van der Waals surface area contributed by atoms with Gasteiger partial charge >= 0.3 is 0 Å². The number of unbranched alkanes of at least 4 members (excludes halogenated alkanes) is 2. The summed E-state index contributed by atoms with van der Waals surface area (Å²) in [6, 6.07) is 0.223. The molecule has 136 valence electrons. The van der Waals surface area contributed by atoms with E-state index in [0.29, 0.717) is 12.4 Å². The fraction of sp³-hybridized carbons (Fsp3) is 0.750. The molecule has 4 nitrogen and oxygen atoms in total. The van der Waals surface area contributed by atoms with Gasteiger partial charge < -0.3 is 0 Å². The molecule has 0 aliphatic heterocycles. The summed E-state index contributed by atoms with van der Waals surface area (Å²) in [7, 11) is 0. The molecule has 0 aliphatic carbocycles. The highest BCUT2D eigenvalue weighted by atomic mass is 16.2. The summed E-state index contributed by atoms with van der Waals surface area (Å²) in [5, 5.41) is 0. The van der Waals surface area contributed by atoms with Gasteiger partial charge in [-0.2, -0.15) is 0 Å². The molecule has 1 aromatic rings. The highest BCUT2D eigenvalue weighted by Gasteiger charge is 2.26. The molecule has 0 bridgehead atoms. The van der Waals surface area contributed by atoms with Gasteiger partial charge in [-0.15, -0.1) is 0 Å².